The molecule has 3 aromatic rings. The molecule has 5 nitrogen and oxygen atoms in total. The van der Waals surface area contributed by atoms with Crippen molar-refractivity contribution in [1.82, 2.24) is 4.90 Å². The van der Waals surface area contributed by atoms with Gasteiger partial charge in [0.15, 0.2) is 0 Å². The van der Waals surface area contributed by atoms with Crippen molar-refractivity contribution in [1.29, 1.82) is 0 Å². The highest BCUT2D eigenvalue weighted by atomic mass is 16.5. The van der Waals surface area contributed by atoms with Gasteiger partial charge in [-0.15, -0.1) is 0 Å². The predicted molar refractivity (Wildman–Crippen MR) is 125 cm³/mol. The van der Waals surface area contributed by atoms with Crippen LogP contribution >= 0.6 is 0 Å². The lowest BCUT2D eigenvalue weighted by Crippen LogP contribution is -2.30. The number of unbranched alkanes of at least 4 members (excludes halogenated alkanes) is 2. The number of hydrogen-bond acceptors (Lipinski definition) is 4. The minimum atomic E-state index is -0.707. The average molecular weight is 430 g/mol. The Balaban J connectivity index is 1.93. The number of aliphatic hydroxyl groups excluding tert-OH is 1. The Morgan fingerprint density at radius 1 is 0.969 bits per heavy atom. The van der Waals surface area contributed by atoms with Crippen molar-refractivity contribution in [2.75, 3.05) is 13.7 Å². The number of amides is 1. The number of aliphatic hydroxyl groups is 1. The number of likely N-dealkylation sites (tertiary alicyclic amines) is 1. The minimum Gasteiger partial charge on any atom is -0.507 e. The number of hydrogen-bond donors (Lipinski definition) is 1. The zero-order valence-electron chi connectivity index (χ0n) is 18.4. The quantitative estimate of drug-likeness (QED) is 0.234. The van der Waals surface area contributed by atoms with Crippen LogP contribution in [0.5, 0.6) is 5.75 Å². The molecule has 1 heterocycles. The van der Waals surface area contributed by atoms with Crippen molar-refractivity contribution in [3.63, 3.8) is 0 Å². The van der Waals surface area contributed by atoms with Crippen LogP contribution in [0, 0.1) is 0 Å². The number of para-hydroxylation sites is 1. The largest absolute Gasteiger partial charge is 0.507 e. The number of benzene rings is 3. The monoisotopic (exact) mass is 429 g/mol. The van der Waals surface area contributed by atoms with Gasteiger partial charge in [-0.05, 0) is 23.3 Å². The first-order chi connectivity index (χ1) is 15.6. The average Bonchev–Trinajstić information content (AvgIpc) is 3.08. The van der Waals surface area contributed by atoms with Gasteiger partial charge in [0.25, 0.3) is 11.7 Å². The molecule has 4 rings (SSSR count). The van der Waals surface area contributed by atoms with Gasteiger partial charge in [-0.1, -0.05) is 80.4 Å². The summed E-state index contributed by atoms with van der Waals surface area (Å²) >= 11 is 0. The maximum atomic E-state index is 13.2. The lowest BCUT2D eigenvalue weighted by Gasteiger charge is -2.26. The molecule has 0 radical (unpaired) electrons. The lowest BCUT2D eigenvalue weighted by atomic mass is 9.93. The molecule has 1 amide bonds. The second-order valence-corrected chi connectivity index (χ2v) is 7.97. The van der Waals surface area contributed by atoms with E-state index >= 15 is 0 Å². The van der Waals surface area contributed by atoms with Gasteiger partial charge < -0.3 is 14.7 Å². The van der Waals surface area contributed by atoms with Crippen molar-refractivity contribution in [3.8, 4) is 5.75 Å². The number of carbonyl (C=O) groups excluding carboxylic acids is 2. The molecule has 0 aliphatic carbocycles. The van der Waals surface area contributed by atoms with Crippen LogP contribution in [0.25, 0.3) is 16.5 Å². The molecule has 1 atom stereocenters. The van der Waals surface area contributed by atoms with E-state index in [4.69, 9.17) is 4.74 Å². The van der Waals surface area contributed by atoms with Crippen molar-refractivity contribution in [2.24, 2.45) is 0 Å². The Hall–Kier alpha value is -3.60. The summed E-state index contributed by atoms with van der Waals surface area (Å²) in [7, 11) is 1.56. The summed E-state index contributed by atoms with van der Waals surface area (Å²) < 4.78 is 5.55. The highest BCUT2D eigenvalue weighted by Crippen LogP contribution is 2.43. The van der Waals surface area contributed by atoms with E-state index in [1.165, 1.54) is 0 Å². The third kappa shape index (κ3) is 3.75. The van der Waals surface area contributed by atoms with Crippen LogP contribution in [0.3, 0.4) is 0 Å². The molecule has 0 saturated carbocycles. The molecular weight excluding hydrogens is 402 g/mol. The number of carbonyl (C=O) groups is 2. The van der Waals surface area contributed by atoms with Crippen LogP contribution in [0.2, 0.25) is 0 Å². The molecule has 0 bridgehead atoms. The highest BCUT2D eigenvalue weighted by Gasteiger charge is 2.46. The molecular formula is C27H27NO4. The molecule has 1 saturated heterocycles. The normalized spacial score (nSPS) is 17.8. The van der Waals surface area contributed by atoms with Gasteiger partial charge in [-0.2, -0.15) is 0 Å². The van der Waals surface area contributed by atoms with Crippen molar-refractivity contribution < 1.29 is 19.4 Å². The zero-order chi connectivity index (χ0) is 22.7. The van der Waals surface area contributed by atoms with Gasteiger partial charge in [0, 0.05) is 17.7 Å². The molecule has 5 heteroatoms. The standard InChI is InChI=1S/C27H27NO4/c1-3-4-9-17-28-24(21-14-7-8-16-22(21)32-2)23(26(30)27(28)31)25(29)20-15-10-12-18-11-5-6-13-19(18)20/h5-8,10-16,24,29H,3-4,9,17H2,1-2H3/b25-23+. The third-order valence-electron chi connectivity index (χ3n) is 6.02. The molecule has 0 aromatic heterocycles. The summed E-state index contributed by atoms with van der Waals surface area (Å²) in [6.07, 6.45) is 2.73. The summed E-state index contributed by atoms with van der Waals surface area (Å²) in [5.41, 5.74) is 1.33. The van der Waals surface area contributed by atoms with E-state index in [1.807, 2.05) is 54.6 Å². The number of Topliss-reactive ketones (excluding diaryl/α,β-unsaturated/α-hetero) is 1. The van der Waals surface area contributed by atoms with Crippen LogP contribution in [-0.2, 0) is 9.59 Å². The first-order valence-electron chi connectivity index (χ1n) is 11.0. The second kappa shape index (κ2) is 9.27. The summed E-state index contributed by atoms with van der Waals surface area (Å²) in [6, 6.07) is 19.9. The third-order valence-corrected chi connectivity index (χ3v) is 6.02. The van der Waals surface area contributed by atoms with Crippen LogP contribution in [-0.4, -0.2) is 35.4 Å². The van der Waals surface area contributed by atoms with E-state index in [2.05, 4.69) is 6.92 Å². The fraction of sp³-hybridized carbons (Fsp3) is 0.259. The molecule has 1 aliphatic heterocycles. The number of fused-ring (bicyclic) bond motifs is 1. The van der Waals surface area contributed by atoms with Crippen LogP contribution in [0.15, 0.2) is 72.3 Å². The summed E-state index contributed by atoms with van der Waals surface area (Å²) in [4.78, 5) is 27.9. The molecule has 164 valence electrons. The predicted octanol–water partition coefficient (Wildman–Crippen LogP) is 5.46. The molecule has 32 heavy (non-hydrogen) atoms. The van der Waals surface area contributed by atoms with E-state index in [1.54, 1.807) is 24.1 Å². The Morgan fingerprint density at radius 2 is 1.69 bits per heavy atom. The smallest absolute Gasteiger partial charge is 0.295 e. The first-order valence-corrected chi connectivity index (χ1v) is 11.0. The first kappa shape index (κ1) is 21.6. The van der Waals surface area contributed by atoms with Gasteiger partial charge in [0.1, 0.15) is 11.5 Å². The van der Waals surface area contributed by atoms with Crippen LogP contribution in [0.4, 0.5) is 0 Å². The Kier molecular flexibility index (Phi) is 6.26. The summed E-state index contributed by atoms with van der Waals surface area (Å²) in [5.74, 6) is -0.834. The van der Waals surface area contributed by atoms with E-state index in [0.717, 1.165) is 30.0 Å². The fourth-order valence-corrected chi connectivity index (χ4v) is 4.44. The molecule has 1 N–H and O–H groups in total. The Labute approximate surface area is 187 Å². The van der Waals surface area contributed by atoms with Crippen molar-refractivity contribution >= 4 is 28.2 Å². The summed E-state index contributed by atoms with van der Waals surface area (Å²) in [5, 5.41) is 13.2. The topological polar surface area (TPSA) is 66.8 Å². The summed E-state index contributed by atoms with van der Waals surface area (Å²) in [6.45, 7) is 2.53. The molecule has 1 unspecified atom stereocenters. The lowest BCUT2D eigenvalue weighted by molar-refractivity contribution is -0.139. The van der Waals surface area contributed by atoms with Crippen molar-refractivity contribution in [2.45, 2.75) is 32.2 Å². The zero-order valence-corrected chi connectivity index (χ0v) is 18.4. The van der Waals surface area contributed by atoms with Crippen LogP contribution < -0.4 is 4.74 Å². The number of methoxy groups -OCH3 is 1. The number of ketones is 1. The molecule has 3 aromatic carbocycles. The minimum absolute atomic E-state index is 0.104. The van der Waals surface area contributed by atoms with Gasteiger partial charge >= 0.3 is 0 Å². The Bertz CT molecular complexity index is 1190. The maximum Gasteiger partial charge on any atom is 0.295 e. The van der Waals surface area contributed by atoms with Gasteiger partial charge in [-0.3, -0.25) is 9.59 Å². The SMILES string of the molecule is CCCCCN1C(=O)C(=O)/C(=C(/O)c2cccc3ccccc23)C1c1ccccc1OC. The maximum absolute atomic E-state index is 13.2. The molecule has 1 aliphatic rings. The Morgan fingerprint density at radius 3 is 2.47 bits per heavy atom. The fourth-order valence-electron chi connectivity index (χ4n) is 4.44. The van der Waals surface area contributed by atoms with E-state index in [9.17, 15) is 14.7 Å². The number of ether oxygens (including phenoxy) is 1. The van der Waals surface area contributed by atoms with Gasteiger partial charge in [0.05, 0.1) is 18.7 Å². The van der Waals surface area contributed by atoms with E-state index in [-0.39, 0.29) is 11.3 Å². The molecule has 1 fully saturated rings. The van der Waals surface area contributed by atoms with Crippen LogP contribution in [0.1, 0.15) is 43.4 Å². The number of rotatable bonds is 7. The van der Waals surface area contributed by atoms with Gasteiger partial charge in [0.2, 0.25) is 0 Å². The second-order valence-electron chi connectivity index (χ2n) is 7.97. The highest BCUT2D eigenvalue weighted by molar-refractivity contribution is 6.46. The number of nitrogens with zero attached hydrogens (tertiary/aromatic N) is 1. The van der Waals surface area contributed by atoms with E-state index in [0.29, 0.717) is 23.4 Å². The molecule has 0 spiro atoms. The van der Waals surface area contributed by atoms with E-state index < -0.39 is 17.7 Å². The van der Waals surface area contributed by atoms with Crippen molar-refractivity contribution in [3.05, 3.63) is 83.4 Å². The van der Waals surface area contributed by atoms with Gasteiger partial charge in [-0.25, -0.2) is 0 Å².